The number of benzene rings is 5. The average Bonchev–Trinajstić information content (AvgIpc) is 3.42. The Kier molecular flexibility index (Phi) is 5.83. The average molecular weight is 597 g/mol. The minimum atomic E-state index is 0.384. The van der Waals surface area contributed by atoms with Crippen molar-refractivity contribution in [3.63, 3.8) is 0 Å². The third-order valence-corrected chi connectivity index (χ3v) is 12.4. The molecule has 0 unspecified atom stereocenters. The van der Waals surface area contributed by atoms with Crippen molar-refractivity contribution in [2.45, 2.75) is 52.4 Å². The second-order valence-electron chi connectivity index (χ2n) is 10.3. The van der Waals surface area contributed by atoms with Gasteiger partial charge in [-0.25, -0.2) is 0 Å². The molecule has 0 bridgehead atoms. The molecule has 0 saturated carbocycles. The molecule has 178 valence electrons. The Labute approximate surface area is 224 Å². The zero-order chi connectivity index (χ0) is 24.2. The van der Waals surface area contributed by atoms with Crippen LogP contribution in [0.25, 0.3) is 60.1 Å². The molecule has 0 fully saturated rings. The second kappa shape index (κ2) is 9.20. The predicted octanol–water partition coefficient (Wildman–Crippen LogP) is 9.40. The first kappa shape index (κ1) is 22.8. The van der Waals surface area contributed by atoms with E-state index in [0.29, 0.717) is 29.0 Å². The van der Waals surface area contributed by atoms with Crippen LogP contribution < -0.4 is 0 Å². The van der Waals surface area contributed by atoms with Crippen molar-refractivity contribution in [2.75, 3.05) is 0 Å². The van der Waals surface area contributed by atoms with Gasteiger partial charge in [0.25, 0.3) is 0 Å². The van der Waals surface area contributed by atoms with Crippen LogP contribution in [-0.2, 0) is 12.8 Å². The minimum absolute atomic E-state index is 0.384. The second-order valence-corrected chi connectivity index (χ2v) is 14.9. The Hall–Kier alpha value is -2.34. The summed E-state index contributed by atoms with van der Waals surface area (Å²) in [6.07, 6.45) is 7.42. The number of hydrogen-bond donors (Lipinski definition) is 0. The summed E-state index contributed by atoms with van der Waals surface area (Å²) < 4.78 is 6.25. The van der Waals surface area contributed by atoms with Crippen LogP contribution in [-0.4, -0.2) is 29.0 Å². The Morgan fingerprint density at radius 1 is 0.444 bits per heavy atom. The van der Waals surface area contributed by atoms with Gasteiger partial charge in [-0.05, 0) is 0 Å². The molecule has 0 spiro atoms. The third-order valence-electron chi connectivity index (χ3n) is 7.75. The molecule has 7 aromatic rings. The van der Waals surface area contributed by atoms with Gasteiger partial charge in [0.05, 0.1) is 0 Å². The van der Waals surface area contributed by atoms with Crippen LogP contribution >= 0.6 is 0 Å². The molecule has 0 N–H and O–H groups in total. The molecule has 0 saturated heterocycles. The van der Waals surface area contributed by atoms with Crippen LogP contribution in [0, 0.1) is 0 Å². The number of rotatable bonds is 6. The van der Waals surface area contributed by atoms with Crippen molar-refractivity contribution in [1.29, 1.82) is 0 Å². The van der Waals surface area contributed by atoms with Gasteiger partial charge in [-0.3, -0.25) is 0 Å². The van der Waals surface area contributed by atoms with E-state index in [1.54, 1.807) is 17.0 Å². The topological polar surface area (TPSA) is 0 Å². The van der Waals surface area contributed by atoms with Gasteiger partial charge >= 0.3 is 225 Å². The summed E-state index contributed by atoms with van der Waals surface area (Å²) in [6, 6.07) is 29.3. The van der Waals surface area contributed by atoms with Gasteiger partial charge in [-0.15, -0.1) is 0 Å². The molecule has 0 aliphatic heterocycles. The fraction of sp³-hybridized carbons (Fsp3) is 0.235. The number of hydrogen-bond acceptors (Lipinski definition) is 0. The van der Waals surface area contributed by atoms with Crippen molar-refractivity contribution in [3.8, 4) is 0 Å². The standard InChI is InChI=1S/C34H30Se2/c1-3-5-7-21-9-11-23-17-31-27(15-25(23)13-21)29-19-34-30(20-33(29)35-31)28-16-26-14-22(8-6-4-2)10-12-24(26)18-32(28)36-34/h9-20H,3-8H2,1-2H3. The van der Waals surface area contributed by atoms with Gasteiger partial charge in [0.2, 0.25) is 0 Å². The molecule has 0 radical (unpaired) electrons. The van der Waals surface area contributed by atoms with E-state index in [2.05, 4.69) is 86.6 Å². The molecule has 2 heteroatoms. The van der Waals surface area contributed by atoms with E-state index in [-0.39, 0.29) is 0 Å². The van der Waals surface area contributed by atoms with Gasteiger partial charge in [-0.1, -0.05) is 0 Å². The monoisotopic (exact) mass is 598 g/mol. The van der Waals surface area contributed by atoms with Gasteiger partial charge in [0.1, 0.15) is 0 Å². The third kappa shape index (κ3) is 3.87. The zero-order valence-electron chi connectivity index (χ0n) is 21.0. The van der Waals surface area contributed by atoms with E-state index in [1.807, 2.05) is 0 Å². The van der Waals surface area contributed by atoms with Crippen LogP contribution in [0.1, 0.15) is 50.7 Å². The van der Waals surface area contributed by atoms with Crippen molar-refractivity contribution in [1.82, 2.24) is 0 Å². The Morgan fingerprint density at radius 3 is 1.31 bits per heavy atom. The summed E-state index contributed by atoms with van der Waals surface area (Å²) in [6.45, 7) is 4.55. The van der Waals surface area contributed by atoms with E-state index in [0.717, 1.165) is 0 Å². The van der Waals surface area contributed by atoms with Crippen LogP contribution in [0.5, 0.6) is 0 Å². The summed E-state index contributed by atoms with van der Waals surface area (Å²) in [7, 11) is 0. The summed E-state index contributed by atoms with van der Waals surface area (Å²) >= 11 is 0.767. The quantitative estimate of drug-likeness (QED) is 0.168. The first-order valence-corrected chi connectivity index (χ1v) is 16.8. The van der Waals surface area contributed by atoms with Crippen LogP contribution in [0.4, 0.5) is 0 Å². The van der Waals surface area contributed by atoms with E-state index in [4.69, 9.17) is 0 Å². The number of fused-ring (bicyclic) bond motifs is 8. The van der Waals surface area contributed by atoms with Crippen LogP contribution in [0.3, 0.4) is 0 Å². The van der Waals surface area contributed by atoms with Crippen LogP contribution in [0.15, 0.2) is 72.8 Å². The molecular weight excluding hydrogens is 566 g/mol. The molecule has 0 atom stereocenters. The van der Waals surface area contributed by atoms with Crippen molar-refractivity contribution in [3.05, 3.63) is 83.9 Å². The molecule has 5 aromatic carbocycles. The summed E-state index contributed by atoms with van der Waals surface area (Å²) in [5.74, 6) is 0. The first-order valence-electron chi connectivity index (χ1n) is 13.4. The van der Waals surface area contributed by atoms with E-state index in [1.165, 1.54) is 92.7 Å². The van der Waals surface area contributed by atoms with E-state index >= 15 is 0 Å². The molecule has 2 aromatic heterocycles. The SMILES string of the molecule is CCCCc1ccc2cc3[se]c4cc5c(cc4c3cc2c1)[se]c1cc2ccc(CCCC)cc2cc15. The molecule has 0 aliphatic rings. The Bertz CT molecular complexity index is 1770. The van der Waals surface area contributed by atoms with Gasteiger partial charge in [-0.2, -0.15) is 0 Å². The van der Waals surface area contributed by atoms with Crippen molar-refractivity contribution in [2.24, 2.45) is 0 Å². The fourth-order valence-electron chi connectivity index (χ4n) is 5.70. The maximum absolute atomic E-state index is 2.56. The number of aryl methyl sites for hydroxylation is 2. The van der Waals surface area contributed by atoms with Gasteiger partial charge < -0.3 is 0 Å². The number of unbranched alkanes of at least 4 members (excludes halogenated alkanes) is 2. The van der Waals surface area contributed by atoms with Gasteiger partial charge in [0.15, 0.2) is 0 Å². The maximum atomic E-state index is 2.56. The van der Waals surface area contributed by atoms with Crippen molar-refractivity contribution < 1.29 is 0 Å². The summed E-state index contributed by atoms with van der Waals surface area (Å²) in [5, 5.41) is 11.6. The zero-order valence-corrected chi connectivity index (χ0v) is 24.4. The van der Waals surface area contributed by atoms with Crippen LogP contribution in [0.2, 0.25) is 0 Å². The van der Waals surface area contributed by atoms with E-state index in [9.17, 15) is 0 Å². The van der Waals surface area contributed by atoms with E-state index < -0.39 is 0 Å². The molecule has 2 heterocycles. The first-order chi connectivity index (χ1) is 17.7. The normalized spacial score (nSPS) is 12.3. The molecule has 0 nitrogen and oxygen atoms in total. The molecule has 7 rings (SSSR count). The fourth-order valence-corrected chi connectivity index (χ4v) is 10.6. The molecule has 36 heavy (non-hydrogen) atoms. The Balaban J connectivity index is 1.40. The molecular formula is C34H30Se2. The summed E-state index contributed by atoms with van der Waals surface area (Å²) in [5.41, 5.74) is 2.95. The molecule has 0 aliphatic carbocycles. The molecule has 0 amide bonds. The summed E-state index contributed by atoms with van der Waals surface area (Å²) in [4.78, 5) is 0. The predicted molar refractivity (Wildman–Crippen MR) is 163 cm³/mol. The van der Waals surface area contributed by atoms with Crippen molar-refractivity contribution >= 4 is 89.1 Å². The van der Waals surface area contributed by atoms with Gasteiger partial charge in [0, 0.05) is 0 Å². The Morgan fingerprint density at radius 2 is 0.861 bits per heavy atom.